The molecule has 0 aliphatic heterocycles. The van der Waals surface area contributed by atoms with Crippen LogP contribution in [0.15, 0.2) is 0 Å². The molecule has 0 aromatic carbocycles. The number of carbonyl (C=O) groups excluding carboxylic acids is 2. The minimum absolute atomic E-state index is 0.109. The van der Waals surface area contributed by atoms with Gasteiger partial charge in [0.15, 0.2) is 0 Å². The molecular weight excluding hydrogens is 160 g/mol. The summed E-state index contributed by atoms with van der Waals surface area (Å²) in [6.07, 6.45) is 0.943. The molecule has 0 saturated carbocycles. The van der Waals surface area contributed by atoms with Crippen LogP contribution in [0.5, 0.6) is 0 Å². The van der Waals surface area contributed by atoms with Crippen molar-refractivity contribution in [2.45, 2.75) is 26.7 Å². The molecule has 4 nitrogen and oxygen atoms in total. The van der Waals surface area contributed by atoms with Crippen LogP contribution >= 0.6 is 0 Å². The molecule has 0 saturated heterocycles. The fourth-order valence-electron chi connectivity index (χ4n) is 0.566. The molecule has 0 aliphatic rings. The summed E-state index contributed by atoms with van der Waals surface area (Å²) in [7, 11) is 0. The van der Waals surface area contributed by atoms with Crippen molar-refractivity contribution < 1.29 is 19.1 Å². The van der Waals surface area contributed by atoms with Gasteiger partial charge in [0.05, 0.1) is 13.0 Å². The Balaban J connectivity index is 3.25. The molecule has 0 heterocycles. The van der Waals surface area contributed by atoms with E-state index in [-0.39, 0.29) is 25.0 Å². The fourth-order valence-corrected chi connectivity index (χ4v) is 0.566. The highest BCUT2D eigenvalue weighted by atomic mass is 16.5. The average Bonchev–Trinajstić information content (AvgIpc) is 2.00. The molecule has 0 aromatic rings. The van der Waals surface area contributed by atoms with Gasteiger partial charge in [0.2, 0.25) is 0 Å². The Morgan fingerprint density at radius 3 is 2.33 bits per heavy atom. The van der Waals surface area contributed by atoms with E-state index in [1.807, 2.05) is 6.92 Å². The summed E-state index contributed by atoms with van der Waals surface area (Å²) >= 11 is 0. The SMILES string of the molecule is CCCOC(=O)CCOC(C)=O. The van der Waals surface area contributed by atoms with E-state index in [2.05, 4.69) is 4.74 Å². The number of hydrogen-bond donors (Lipinski definition) is 0. The fraction of sp³-hybridized carbons (Fsp3) is 0.750. The van der Waals surface area contributed by atoms with Crippen LogP contribution in [-0.4, -0.2) is 25.2 Å². The van der Waals surface area contributed by atoms with Crippen molar-refractivity contribution in [3.05, 3.63) is 0 Å². The molecular formula is C8H14O4. The largest absolute Gasteiger partial charge is 0.466 e. The second-order valence-electron chi connectivity index (χ2n) is 2.31. The Hall–Kier alpha value is -1.06. The van der Waals surface area contributed by atoms with Crippen molar-refractivity contribution in [1.82, 2.24) is 0 Å². The summed E-state index contributed by atoms with van der Waals surface area (Å²) in [5.74, 6) is -0.698. The van der Waals surface area contributed by atoms with Crippen LogP contribution in [0.1, 0.15) is 26.7 Å². The number of esters is 2. The summed E-state index contributed by atoms with van der Waals surface area (Å²) < 4.78 is 9.30. The Morgan fingerprint density at radius 1 is 1.17 bits per heavy atom. The van der Waals surface area contributed by atoms with Crippen LogP contribution in [0.2, 0.25) is 0 Å². The number of hydrogen-bond acceptors (Lipinski definition) is 4. The molecule has 0 spiro atoms. The highest BCUT2D eigenvalue weighted by molar-refractivity contribution is 5.70. The summed E-state index contributed by atoms with van der Waals surface area (Å²) in [5.41, 5.74) is 0. The van der Waals surface area contributed by atoms with Crippen LogP contribution in [0.3, 0.4) is 0 Å². The van der Waals surface area contributed by atoms with Crippen molar-refractivity contribution in [2.75, 3.05) is 13.2 Å². The topological polar surface area (TPSA) is 52.6 Å². The predicted octanol–water partition coefficient (Wildman–Crippen LogP) is 0.893. The van der Waals surface area contributed by atoms with Gasteiger partial charge in [-0.25, -0.2) is 0 Å². The second kappa shape index (κ2) is 6.64. The lowest BCUT2D eigenvalue weighted by atomic mass is 10.4. The molecule has 70 valence electrons. The van der Waals surface area contributed by atoms with Crippen molar-refractivity contribution in [3.63, 3.8) is 0 Å². The molecule has 0 aliphatic carbocycles. The van der Waals surface area contributed by atoms with E-state index in [0.29, 0.717) is 6.61 Å². The quantitative estimate of drug-likeness (QED) is 0.581. The molecule has 0 aromatic heterocycles. The third-order valence-corrected chi connectivity index (χ3v) is 1.08. The van der Waals surface area contributed by atoms with Crippen LogP contribution in [0.25, 0.3) is 0 Å². The molecule has 12 heavy (non-hydrogen) atoms. The molecule has 0 atom stereocenters. The Kier molecular flexibility index (Phi) is 6.05. The van der Waals surface area contributed by atoms with E-state index in [1.165, 1.54) is 6.92 Å². The van der Waals surface area contributed by atoms with Gasteiger partial charge in [0.1, 0.15) is 6.61 Å². The van der Waals surface area contributed by atoms with Crippen molar-refractivity contribution in [1.29, 1.82) is 0 Å². The minimum Gasteiger partial charge on any atom is -0.466 e. The van der Waals surface area contributed by atoms with Gasteiger partial charge in [-0.3, -0.25) is 9.59 Å². The predicted molar refractivity (Wildman–Crippen MR) is 42.5 cm³/mol. The molecule has 0 unspecified atom stereocenters. The van der Waals surface area contributed by atoms with Crippen LogP contribution < -0.4 is 0 Å². The van der Waals surface area contributed by atoms with Crippen LogP contribution in [0.4, 0.5) is 0 Å². The maximum Gasteiger partial charge on any atom is 0.309 e. The first-order valence-corrected chi connectivity index (χ1v) is 3.95. The van der Waals surface area contributed by atoms with Gasteiger partial charge in [-0.1, -0.05) is 6.92 Å². The standard InChI is InChI=1S/C8H14O4/c1-3-5-12-8(10)4-6-11-7(2)9/h3-6H2,1-2H3. The highest BCUT2D eigenvalue weighted by Crippen LogP contribution is 1.89. The van der Waals surface area contributed by atoms with E-state index in [1.54, 1.807) is 0 Å². The molecule has 0 fully saturated rings. The molecule has 0 bridgehead atoms. The Bertz CT molecular complexity index is 153. The third kappa shape index (κ3) is 7.05. The van der Waals surface area contributed by atoms with E-state index in [4.69, 9.17) is 4.74 Å². The first-order chi connectivity index (χ1) is 5.66. The summed E-state index contributed by atoms with van der Waals surface area (Å²) in [5, 5.41) is 0. The summed E-state index contributed by atoms with van der Waals surface area (Å²) in [6.45, 7) is 3.76. The number of ether oxygens (including phenoxy) is 2. The zero-order chi connectivity index (χ0) is 9.40. The maximum absolute atomic E-state index is 10.8. The van der Waals surface area contributed by atoms with Crippen molar-refractivity contribution >= 4 is 11.9 Å². The molecule has 0 amide bonds. The van der Waals surface area contributed by atoms with E-state index < -0.39 is 0 Å². The summed E-state index contributed by atoms with van der Waals surface area (Å²) in [4.78, 5) is 21.0. The number of carbonyl (C=O) groups is 2. The van der Waals surface area contributed by atoms with E-state index in [0.717, 1.165) is 6.42 Å². The zero-order valence-electron chi connectivity index (χ0n) is 7.46. The van der Waals surface area contributed by atoms with Gasteiger partial charge in [0.25, 0.3) is 0 Å². The number of rotatable bonds is 5. The van der Waals surface area contributed by atoms with Crippen LogP contribution in [0, 0.1) is 0 Å². The first-order valence-electron chi connectivity index (χ1n) is 3.95. The van der Waals surface area contributed by atoms with E-state index in [9.17, 15) is 9.59 Å². The maximum atomic E-state index is 10.8. The van der Waals surface area contributed by atoms with Gasteiger partial charge in [-0.15, -0.1) is 0 Å². The smallest absolute Gasteiger partial charge is 0.309 e. The zero-order valence-corrected chi connectivity index (χ0v) is 7.46. The van der Waals surface area contributed by atoms with Crippen molar-refractivity contribution in [2.24, 2.45) is 0 Å². The monoisotopic (exact) mass is 174 g/mol. The molecule has 0 radical (unpaired) electrons. The van der Waals surface area contributed by atoms with Gasteiger partial charge in [0, 0.05) is 6.92 Å². The minimum atomic E-state index is -0.377. The summed E-state index contributed by atoms with van der Waals surface area (Å²) in [6, 6.07) is 0. The lowest BCUT2D eigenvalue weighted by molar-refractivity contribution is -0.148. The Labute approximate surface area is 71.8 Å². The first kappa shape index (κ1) is 10.9. The lowest BCUT2D eigenvalue weighted by Crippen LogP contribution is -2.10. The van der Waals surface area contributed by atoms with Gasteiger partial charge < -0.3 is 9.47 Å². The Morgan fingerprint density at radius 2 is 1.83 bits per heavy atom. The lowest BCUT2D eigenvalue weighted by Gasteiger charge is -2.02. The third-order valence-electron chi connectivity index (χ3n) is 1.08. The van der Waals surface area contributed by atoms with Crippen LogP contribution in [-0.2, 0) is 19.1 Å². The van der Waals surface area contributed by atoms with Gasteiger partial charge in [-0.05, 0) is 6.42 Å². The van der Waals surface area contributed by atoms with E-state index >= 15 is 0 Å². The molecule has 4 heteroatoms. The van der Waals surface area contributed by atoms with Gasteiger partial charge in [-0.2, -0.15) is 0 Å². The normalized spacial score (nSPS) is 9.17. The van der Waals surface area contributed by atoms with Gasteiger partial charge >= 0.3 is 11.9 Å². The average molecular weight is 174 g/mol. The highest BCUT2D eigenvalue weighted by Gasteiger charge is 2.02. The molecule has 0 rings (SSSR count). The second-order valence-corrected chi connectivity index (χ2v) is 2.31. The molecule has 0 N–H and O–H groups in total. The van der Waals surface area contributed by atoms with Crippen molar-refractivity contribution in [3.8, 4) is 0 Å².